The molecule has 100 valence electrons. The van der Waals surface area contributed by atoms with Crippen LogP contribution in [0.3, 0.4) is 0 Å². The maximum absolute atomic E-state index is 12.2. The number of hydrogen-bond donors (Lipinski definition) is 1. The molecule has 1 heterocycles. The third kappa shape index (κ3) is 3.42. The molecule has 1 aliphatic heterocycles. The van der Waals surface area contributed by atoms with E-state index in [2.05, 4.69) is 4.99 Å². The van der Waals surface area contributed by atoms with Gasteiger partial charge in [0.1, 0.15) is 5.60 Å². The van der Waals surface area contributed by atoms with Gasteiger partial charge in [0.25, 0.3) is 0 Å². The highest BCUT2D eigenvalue weighted by atomic mass is 16.6. The number of aliphatic carboxylic acids is 1. The smallest absolute Gasteiger partial charge is 0.338 e. The number of nitrogens with zero attached hydrogens (tertiary/aromatic N) is 1. The Labute approximate surface area is 107 Å². The van der Waals surface area contributed by atoms with E-state index in [4.69, 9.17) is 9.84 Å². The molecule has 2 unspecified atom stereocenters. The van der Waals surface area contributed by atoms with E-state index in [-0.39, 0.29) is 6.42 Å². The Bertz CT molecular complexity index is 392. The van der Waals surface area contributed by atoms with Crippen LogP contribution in [0, 0.1) is 5.92 Å². The molecule has 0 radical (unpaired) electrons. The first-order valence-electron chi connectivity index (χ1n) is 5.86. The minimum atomic E-state index is -1.19. The van der Waals surface area contributed by atoms with Crippen LogP contribution in [0.5, 0.6) is 0 Å². The van der Waals surface area contributed by atoms with Gasteiger partial charge in [0, 0.05) is 6.21 Å². The summed E-state index contributed by atoms with van der Waals surface area (Å²) in [6.45, 7) is 6.85. The Morgan fingerprint density at radius 3 is 2.44 bits per heavy atom. The summed E-state index contributed by atoms with van der Waals surface area (Å²) in [7, 11) is 0. The Hall–Kier alpha value is -1.65. The van der Waals surface area contributed by atoms with Crippen LogP contribution < -0.4 is 0 Å². The van der Waals surface area contributed by atoms with Crippen LogP contribution in [0.1, 0.15) is 34.1 Å². The molecule has 18 heavy (non-hydrogen) atoms. The fraction of sp³-hybridized carbons (Fsp3) is 0.615. The molecule has 2 atom stereocenters. The SMILES string of the molecule is CC(CC1(C(=O)OC(C)(C)C)C=CC=N1)C(=O)O. The third-order valence-corrected chi connectivity index (χ3v) is 2.55. The standard InChI is InChI=1S/C13H19NO4/c1-9(10(15)16)8-13(6-5-7-14-13)11(17)18-12(2,3)4/h5-7,9H,8H2,1-4H3,(H,15,16). The number of allylic oxidation sites excluding steroid dienone is 1. The first-order chi connectivity index (χ1) is 8.16. The number of hydrogen-bond acceptors (Lipinski definition) is 4. The van der Waals surface area contributed by atoms with Crippen molar-refractivity contribution in [1.29, 1.82) is 0 Å². The number of rotatable bonds is 4. The van der Waals surface area contributed by atoms with Gasteiger partial charge in [-0.25, -0.2) is 4.79 Å². The maximum Gasteiger partial charge on any atom is 0.338 e. The number of esters is 1. The van der Waals surface area contributed by atoms with Crippen molar-refractivity contribution in [2.24, 2.45) is 10.9 Å². The summed E-state index contributed by atoms with van der Waals surface area (Å²) in [4.78, 5) is 27.2. The molecule has 1 aliphatic rings. The average Bonchev–Trinajstić information content (AvgIpc) is 2.64. The lowest BCUT2D eigenvalue weighted by atomic mass is 9.89. The van der Waals surface area contributed by atoms with Crippen LogP contribution >= 0.6 is 0 Å². The first-order valence-corrected chi connectivity index (χ1v) is 5.86. The second-order valence-corrected chi connectivity index (χ2v) is 5.51. The van der Waals surface area contributed by atoms with Crippen molar-refractivity contribution >= 4 is 18.2 Å². The molecule has 0 saturated carbocycles. The molecule has 0 aromatic rings. The Morgan fingerprint density at radius 2 is 2.06 bits per heavy atom. The fourth-order valence-electron chi connectivity index (χ4n) is 1.67. The van der Waals surface area contributed by atoms with E-state index in [0.29, 0.717) is 0 Å². The van der Waals surface area contributed by atoms with E-state index in [1.54, 1.807) is 39.8 Å². The summed E-state index contributed by atoms with van der Waals surface area (Å²) in [6.07, 6.45) is 4.84. The quantitative estimate of drug-likeness (QED) is 0.775. The summed E-state index contributed by atoms with van der Waals surface area (Å²) in [5.74, 6) is -2.13. The van der Waals surface area contributed by atoms with E-state index < -0.39 is 29.0 Å². The van der Waals surface area contributed by atoms with Crippen LogP contribution in [0.2, 0.25) is 0 Å². The monoisotopic (exact) mass is 253 g/mol. The summed E-state index contributed by atoms with van der Waals surface area (Å²) >= 11 is 0. The van der Waals surface area contributed by atoms with Crippen molar-refractivity contribution in [1.82, 2.24) is 0 Å². The van der Waals surface area contributed by atoms with Gasteiger partial charge in [0.05, 0.1) is 5.92 Å². The summed E-state index contributed by atoms with van der Waals surface area (Å²) < 4.78 is 5.31. The molecule has 0 amide bonds. The van der Waals surface area contributed by atoms with Gasteiger partial charge >= 0.3 is 11.9 Å². The van der Waals surface area contributed by atoms with Crippen molar-refractivity contribution in [2.45, 2.75) is 45.3 Å². The van der Waals surface area contributed by atoms with Crippen molar-refractivity contribution in [3.8, 4) is 0 Å². The van der Waals surface area contributed by atoms with Crippen LogP contribution in [0.4, 0.5) is 0 Å². The topological polar surface area (TPSA) is 76.0 Å². The highest BCUT2D eigenvalue weighted by Gasteiger charge is 2.42. The molecule has 0 bridgehead atoms. The van der Waals surface area contributed by atoms with Crippen LogP contribution in [-0.2, 0) is 14.3 Å². The van der Waals surface area contributed by atoms with E-state index in [1.165, 1.54) is 6.21 Å². The zero-order valence-corrected chi connectivity index (χ0v) is 11.1. The number of carbonyl (C=O) groups is 2. The van der Waals surface area contributed by atoms with E-state index in [9.17, 15) is 9.59 Å². The summed E-state index contributed by atoms with van der Waals surface area (Å²) in [5.41, 5.74) is -1.81. The minimum absolute atomic E-state index is 0.101. The second kappa shape index (κ2) is 4.92. The number of carboxylic acid groups (broad SMARTS) is 1. The Morgan fingerprint density at radius 1 is 1.44 bits per heavy atom. The molecule has 0 aromatic heterocycles. The van der Waals surface area contributed by atoms with E-state index >= 15 is 0 Å². The van der Waals surface area contributed by atoms with Crippen molar-refractivity contribution < 1.29 is 19.4 Å². The number of ether oxygens (including phenoxy) is 1. The van der Waals surface area contributed by atoms with Crippen molar-refractivity contribution in [3.05, 3.63) is 12.2 Å². The molecular formula is C13H19NO4. The van der Waals surface area contributed by atoms with Gasteiger partial charge in [-0.1, -0.05) is 6.92 Å². The highest BCUT2D eigenvalue weighted by Crippen LogP contribution is 2.29. The molecule has 0 saturated heterocycles. The fourth-order valence-corrected chi connectivity index (χ4v) is 1.67. The van der Waals surface area contributed by atoms with E-state index in [1.807, 2.05) is 0 Å². The van der Waals surface area contributed by atoms with Crippen LogP contribution in [0.25, 0.3) is 0 Å². The zero-order valence-electron chi connectivity index (χ0n) is 11.1. The molecule has 1 rings (SSSR count). The van der Waals surface area contributed by atoms with Gasteiger partial charge in [-0.2, -0.15) is 0 Å². The molecule has 5 nitrogen and oxygen atoms in total. The summed E-state index contributed by atoms with van der Waals surface area (Å²) in [5, 5.41) is 8.94. The van der Waals surface area contributed by atoms with Gasteiger partial charge in [0.2, 0.25) is 0 Å². The molecule has 5 heteroatoms. The largest absolute Gasteiger partial charge is 0.481 e. The number of carboxylic acids is 1. The highest BCUT2D eigenvalue weighted by molar-refractivity contribution is 5.92. The molecule has 0 aromatic carbocycles. The molecule has 0 aliphatic carbocycles. The van der Waals surface area contributed by atoms with Crippen LogP contribution in [-0.4, -0.2) is 34.4 Å². The van der Waals surface area contributed by atoms with E-state index in [0.717, 1.165) is 0 Å². The maximum atomic E-state index is 12.2. The lowest BCUT2D eigenvalue weighted by Gasteiger charge is -2.29. The normalized spacial score (nSPS) is 24.0. The molecule has 0 spiro atoms. The second-order valence-electron chi connectivity index (χ2n) is 5.51. The Kier molecular flexibility index (Phi) is 3.94. The molecule has 1 N–H and O–H groups in total. The summed E-state index contributed by atoms with van der Waals surface area (Å²) in [6, 6.07) is 0. The minimum Gasteiger partial charge on any atom is -0.481 e. The van der Waals surface area contributed by atoms with Crippen molar-refractivity contribution in [2.75, 3.05) is 0 Å². The third-order valence-electron chi connectivity index (χ3n) is 2.55. The lowest BCUT2D eigenvalue weighted by Crippen LogP contribution is -2.41. The van der Waals surface area contributed by atoms with Gasteiger partial charge in [-0.15, -0.1) is 0 Å². The number of aliphatic imine (C=N–C) groups is 1. The Balaban J connectivity index is 2.89. The number of carbonyl (C=O) groups excluding carboxylic acids is 1. The predicted octanol–water partition coefficient (Wildman–Crippen LogP) is 1.82. The van der Waals surface area contributed by atoms with Gasteiger partial charge in [-0.3, -0.25) is 9.79 Å². The van der Waals surface area contributed by atoms with Crippen LogP contribution in [0.15, 0.2) is 17.1 Å². The van der Waals surface area contributed by atoms with Gasteiger partial charge in [0.15, 0.2) is 5.54 Å². The van der Waals surface area contributed by atoms with Gasteiger partial charge in [-0.05, 0) is 39.3 Å². The average molecular weight is 253 g/mol. The molecular weight excluding hydrogens is 234 g/mol. The predicted molar refractivity (Wildman–Crippen MR) is 67.6 cm³/mol. The zero-order chi connectivity index (χ0) is 14.0. The van der Waals surface area contributed by atoms with Gasteiger partial charge < -0.3 is 9.84 Å². The molecule has 0 fully saturated rings. The van der Waals surface area contributed by atoms with Crippen molar-refractivity contribution in [3.63, 3.8) is 0 Å². The lowest BCUT2D eigenvalue weighted by molar-refractivity contribution is -0.160. The first kappa shape index (κ1) is 14.4.